The highest BCUT2D eigenvalue weighted by atomic mass is 79.9. The Hall–Kier alpha value is -1.43. The normalized spacial score (nSPS) is 21.0. The summed E-state index contributed by atoms with van der Waals surface area (Å²) in [6.45, 7) is 4.22. The van der Waals surface area contributed by atoms with Crippen molar-refractivity contribution in [3.05, 3.63) is 28.5 Å². The molecule has 1 aromatic rings. The molecule has 4 nitrogen and oxygen atoms in total. The first-order chi connectivity index (χ1) is 9.93. The van der Waals surface area contributed by atoms with Gasteiger partial charge in [-0.3, -0.25) is 9.59 Å². The molecule has 2 unspecified atom stereocenters. The third-order valence-corrected chi connectivity index (χ3v) is 4.45. The third-order valence-electron chi connectivity index (χ3n) is 3.84. The summed E-state index contributed by atoms with van der Waals surface area (Å²) >= 11 is 3.13. The predicted octanol–water partition coefficient (Wildman–Crippen LogP) is 2.86. The lowest BCUT2D eigenvalue weighted by Gasteiger charge is -2.27. The Morgan fingerprint density at radius 3 is 2.81 bits per heavy atom. The number of nitrogens with zero attached hydrogens (tertiary/aromatic N) is 1. The van der Waals surface area contributed by atoms with E-state index in [1.165, 1.54) is 6.07 Å². The summed E-state index contributed by atoms with van der Waals surface area (Å²) in [6, 6.07) is 3.90. The van der Waals surface area contributed by atoms with E-state index >= 15 is 0 Å². The zero-order valence-corrected chi connectivity index (χ0v) is 13.6. The highest BCUT2D eigenvalue weighted by Gasteiger charge is 2.33. The van der Waals surface area contributed by atoms with Gasteiger partial charge in [0.25, 0.3) is 0 Å². The smallest absolute Gasteiger partial charge is 0.249 e. The number of carbonyl (C=O) groups is 2. The first-order valence-electron chi connectivity index (χ1n) is 6.99. The van der Waals surface area contributed by atoms with Gasteiger partial charge < -0.3 is 10.2 Å². The summed E-state index contributed by atoms with van der Waals surface area (Å²) in [5, 5.41) is 2.79. The lowest BCUT2D eigenvalue weighted by molar-refractivity contribution is -0.126. The molecule has 1 aliphatic heterocycles. The zero-order valence-electron chi connectivity index (χ0n) is 12.0. The molecule has 0 radical (unpaired) electrons. The fraction of sp³-hybridized carbons (Fsp3) is 0.467. The number of amides is 2. The maximum absolute atomic E-state index is 13.3. The molecule has 1 aliphatic rings. The first-order valence-corrected chi connectivity index (χ1v) is 7.79. The van der Waals surface area contributed by atoms with Gasteiger partial charge in [0.15, 0.2) is 0 Å². The van der Waals surface area contributed by atoms with Crippen molar-refractivity contribution in [1.29, 1.82) is 0 Å². The highest BCUT2D eigenvalue weighted by molar-refractivity contribution is 9.10. The van der Waals surface area contributed by atoms with Crippen LogP contribution in [0.2, 0.25) is 0 Å². The van der Waals surface area contributed by atoms with Crippen molar-refractivity contribution in [3.8, 4) is 0 Å². The highest BCUT2D eigenvalue weighted by Crippen LogP contribution is 2.26. The van der Waals surface area contributed by atoms with Gasteiger partial charge in [0.1, 0.15) is 11.9 Å². The first kappa shape index (κ1) is 15.9. The number of halogens is 2. The van der Waals surface area contributed by atoms with Crippen molar-refractivity contribution in [3.63, 3.8) is 0 Å². The SMILES string of the molecule is CCC(C)C1NC(=O)CCN(c2ccc(F)c(Br)c2)C1=O. The fourth-order valence-corrected chi connectivity index (χ4v) is 2.70. The molecule has 1 heterocycles. The van der Waals surface area contributed by atoms with Gasteiger partial charge in [-0.2, -0.15) is 0 Å². The molecule has 2 rings (SSSR count). The number of anilines is 1. The second-order valence-corrected chi connectivity index (χ2v) is 6.12. The van der Waals surface area contributed by atoms with Gasteiger partial charge in [-0.25, -0.2) is 4.39 Å². The lowest BCUT2D eigenvalue weighted by atomic mass is 9.98. The van der Waals surface area contributed by atoms with Gasteiger partial charge in [-0.15, -0.1) is 0 Å². The molecule has 6 heteroatoms. The molecule has 2 amide bonds. The largest absolute Gasteiger partial charge is 0.344 e. The van der Waals surface area contributed by atoms with Crippen LogP contribution in [0.1, 0.15) is 26.7 Å². The van der Waals surface area contributed by atoms with Crippen LogP contribution in [-0.4, -0.2) is 24.4 Å². The molecule has 2 atom stereocenters. The minimum Gasteiger partial charge on any atom is -0.344 e. The summed E-state index contributed by atoms with van der Waals surface area (Å²) < 4.78 is 13.7. The van der Waals surface area contributed by atoms with E-state index in [2.05, 4.69) is 21.2 Å². The van der Waals surface area contributed by atoms with E-state index in [-0.39, 0.29) is 30.0 Å². The molecule has 0 saturated carbocycles. The minimum absolute atomic E-state index is 0.0472. The molecule has 1 saturated heterocycles. The number of benzene rings is 1. The van der Waals surface area contributed by atoms with E-state index < -0.39 is 6.04 Å². The second-order valence-electron chi connectivity index (χ2n) is 5.27. The van der Waals surface area contributed by atoms with Gasteiger partial charge in [-0.1, -0.05) is 20.3 Å². The quantitative estimate of drug-likeness (QED) is 0.905. The van der Waals surface area contributed by atoms with E-state index in [0.717, 1.165) is 6.42 Å². The Morgan fingerprint density at radius 1 is 1.48 bits per heavy atom. The fourth-order valence-electron chi connectivity index (χ4n) is 2.33. The molecule has 0 aromatic heterocycles. The van der Waals surface area contributed by atoms with E-state index in [4.69, 9.17) is 0 Å². The minimum atomic E-state index is -0.533. The van der Waals surface area contributed by atoms with Crippen LogP contribution in [0.25, 0.3) is 0 Å². The van der Waals surface area contributed by atoms with Crippen molar-refractivity contribution in [1.82, 2.24) is 5.32 Å². The number of carbonyl (C=O) groups excluding carboxylic acids is 2. The van der Waals surface area contributed by atoms with E-state index in [1.54, 1.807) is 17.0 Å². The summed E-state index contributed by atoms with van der Waals surface area (Å²) in [7, 11) is 0. The molecule has 114 valence electrons. The standard InChI is InChI=1S/C15H18BrFN2O2/c1-3-9(2)14-15(21)19(7-6-13(20)18-14)10-4-5-12(17)11(16)8-10/h4-5,8-9,14H,3,6-7H2,1-2H3,(H,18,20). The molecule has 1 fully saturated rings. The van der Waals surface area contributed by atoms with Gasteiger partial charge in [0, 0.05) is 18.7 Å². The third kappa shape index (κ3) is 3.43. The lowest BCUT2D eigenvalue weighted by Crippen LogP contribution is -2.48. The van der Waals surface area contributed by atoms with Crippen molar-refractivity contribution in [2.75, 3.05) is 11.4 Å². The van der Waals surface area contributed by atoms with Crippen molar-refractivity contribution >= 4 is 33.4 Å². The molecule has 0 aliphatic carbocycles. The number of hydrogen-bond donors (Lipinski definition) is 1. The Morgan fingerprint density at radius 2 is 2.19 bits per heavy atom. The van der Waals surface area contributed by atoms with E-state index in [9.17, 15) is 14.0 Å². The van der Waals surface area contributed by atoms with Crippen LogP contribution in [-0.2, 0) is 9.59 Å². The Balaban J connectivity index is 2.34. The summed E-state index contributed by atoms with van der Waals surface area (Å²) in [6.07, 6.45) is 1.03. The van der Waals surface area contributed by atoms with Crippen LogP contribution in [0.4, 0.5) is 10.1 Å². The Labute approximate surface area is 131 Å². The molecular weight excluding hydrogens is 339 g/mol. The number of hydrogen-bond acceptors (Lipinski definition) is 2. The molecule has 21 heavy (non-hydrogen) atoms. The van der Waals surface area contributed by atoms with Crippen LogP contribution in [0.3, 0.4) is 0 Å². The van der Waals surface area contributed by atoms with E-state index in [1.807, 2.05) is 13.8 Å². The van der Waals surface area contributed by atoms with Crippen LogP contribution >= 0.6 is 15.9 Å². The number of rotatable bonds is 3. The van der Waals surface area contributed by atoms with Crippen LogP contribution in [0.5, 0.6) is 0 Å². The number of nitrogens with one attached hydrogen (secondary N) is 1. The monoisotopic (exact) mass is 356 g/mol. The Bertz CT molecular complexity index is 565. The average molecular weight is 357 g/mol. The topological polar surface area (TPSA) is 49.4 Å². The van der Waals surface area contributed by atoms with Crippen molar-refractivity contribution < 1.29 is 14.0 Å². The van der Waals surface area contributed by atoms with Gasteiger partial charge >= 0.3 is 0 Å². The molecular formula is C15H18BrFN2O2. The van der Waals surface area contributed by atoms with Crippen molar-refractivity contribution in [2.45, 2.75) is 32.7 Å². The molecule has 1 aromatic carbocycles. The molecule has 0 spiro atoms. The zero-order chi connectivity index (χ0) is 15.6. The summed E-state index contributed by atoms with van der Waals surface area (Å²) in [5.74, 6) is -0.606. The second kappa shape index (κ2) is 6.56. The van der Waals surface area contributed by atoms with Crippen LogP contribution in [0, 0.1) is 11.7 Å². The maximum atomic E-state index is 13.3. The molecule has 1 N–H and O–H groups in total. The predicted molar refractivity (Wildman–Crippen MR) is 82.5 cm³/mol. The van der Waals surface area contributed by atoms with Crippen LogP contribution in [0.15, 0.2) is 22.7 Å². The van der Waals surface area contributed by atoms with Crippen molar-refractivity contribution in [2.24, 2.45) is 5.92 Å². The van der Waals surface area contributed by atoms with Gasteiger partial charge in [0.2, 0.25) is 11.8 Å². The summed E-state index contributed by atoms with van der Waals surface area (Å²) in [5.41, 5.74) is 0.595. The summed E-state index contributed by atoms with van der Waals surface area (Å²) in [4.78, 5) is 26.0. The van der Waals surface area contributed by atoms with Gasteiger partial charge in [0.05, 0.1) is 4.47 Å². The maximum Gasteiger partial charge on any atom is 0.249 e. The van der Waals surface area contributed by atoms with Crippen LogP contribution < -0.4 is 10.2 Å². The Kier molecular flexibility index (Phi) is 4.98. The van der Waals surface area contributed by atoms with E-state index in [0.29, 0.717) is 16.7 Å². The van der Waals surface area contributed by atoms with Gasteiger partial charge in [-0.05, 0) is 40.0 Å². The average Bonchev–Trinajstić information content (AvgIpc) is 2.61. The molecule has 0 bridgehead atoms.